The number of hydrogen-bond donors (Lipinski definition) is 1. The minimum atomic E-state index is -4.33. The fourth-order valence-electron chi connectivity index (χ4n) is 4.38. The number of ketones is 2. The van der Waals surface area contributed by atoms with Crippen LogP contribution in [-0.2, 0) is 33.9 Å². The van der Waals surface area contributed by atoms with Gasteiger partial charge in [-0.15, -0.1) is 0 Å². The number of anilines is 1. The molecule has 13 heteroatoms. The SMILES string of the molecule is COC(=O)C(c1cccc(N(C(=O)C(=O)c2ccccc2)S(C)(=O)=O)c1)N1CC(NC(=O)C(=O)c2ccccc2)C1=O. The van der Waals surface area contributed by atoms with Crippen LogP contribution in [0.25, 0.3) is 0 Å². The number of likely N-dealkylation sites (tertiary alicyclic amines) is 1. The van der Waals surface area contributed by atoms with Gasteiger partial charge in [-0.1, -0.05) is 72.8 Å². The van der Waals surface area contributed by atoms with E-state index in [1.54, 1.807) is 24.3 Å². The molecule has 1 aliphatic heterocycles. The summed E-state index contributed by atoms with van der Waals surface area (Å²) < 4.78 is 30.5. The van der Waals surface area contributed by atoms with Crippen molar-refractivity contribution in [1.82, 2.24) is 10.2 Å². The number of methoxy groups -OCH3 is 1. The summed E-state index contributed by atoms with van der Waals surface area (Å²) in [6, 6.07) is 17.8. The molecule has 42 heavy (non-hydrogen) atoms. The monoisotopic (exact) mass is 591 g/mol. The Balaban J connectivity index is 1.58. The number of benzene rings is 3. The van der Waals surface area contributed by atoms with Crippen LogP contribution in [0.1, 0.15) is 32.3 Å². The molecule has 0 radical (unpaired) electrons. The number of nitrogens with zero attached hydrogens (tertiary/aromatic N) is 2. The molecular formula is C29H25N3O9S. The number of β-lactam (4-membered cyclic amide) rings is 1. The smallest absolute Gasteiger partial charge is 0.333 e. The van der Waals surface area contributed by atoms with Gasteiger partial charge >= 0.3 is 11.9 Å². The Hall–Kier alpha value is -5.17. The van der Waals surface area contributed by atoms with Crippen LogP contribution in [0.15, 0.2) is 84.9 Å². The molecular weight excluding hydrogens is 566 g/mol. The quantitative estimate of drug-likeness (QED) is 0.158. The van der Waals surface area contributed by atoms with E-state index in [2.05, 4.69) is 5.32 Å². The zero-order chi connectivity index (χ0) is 30.6. The number of carbonyl (C=O) groups is 6. The lowest BCUT2D eigenvalue weighted by atomic mass is 9.97. The Morgan fingerprint density at radius 2 is 1.45 bits per heavy atom. The summed E-state index contributed by atoms with van der Waals surface area (Å²) >= 11 is 0. The molecule has 3 aromatic rings. The van der Waals surface area contributed by atoms with E-state index in [1.807, 2.05) is 0 Å². The van der Waals surface area contributed by atoms with E-state index in [0.29, 0.717) is 4.31 Å². The summed E-state index contributed by atoms with van der Waals surface area (Å²) in [6.45, 7) is -0.169. The number of hydrogen-bond acceptors (Lipinski definition) is 9. The van der Waals surface area contributed by atoms with Gasteiger partial charge in [0.2, 0.25) is 21.7 Å². The molecule has 0 aliphatic carbocycles. The van der Waals surface area contributed by atoms with Crippen molar-refractivity contribution in [2.75, 3.05) is 24.2 Å². The second-order valence-corrected chi connectivity index (χ2v) is 11.1. The molecule has 2 atom stereocenters. The average molecular weight is 592 g/mol. The van der Waals surface area contributed by atoms with Crippen LogP contribution in [0.2, 0.25) is 0 Å². The third-order valence-electron chi connectivity index (χ3n) is 6.41. The number of ether oxygens (including phenoxy) is 1. The minimum absolute atomic E-state index is 0.0234. The molecule has 0 aromatic heterocycles. The number of esters is 1. The zero-order valence-electron chi connectivity index (χ0n) is 22.4. The molecule has 4 rings (SSSR count). The van der Waals surface area contributed by atoms with Crippen LogP contribution in [0.5, 0.6) is 0 Å². The van der Waals surface area contributed by atoms with Crippen molar-refractivity contribution < 1.29 is 41.9 Å². The van der Waals surface area contributed by atoms with Crippen molar-refractivity contribution in [2.24, 2.45) is 0 Å². The Morgan fingerprint density at radius 3 is 1.98 bits per heavy atom. The van der Waals surface area contributed by atoms with E-state index < -0.39 is 57.4 Å². The first-order valence-corrected chi connectivity index (χ1v) is 14.3. The number of Topliss-reactive ketones (excluding diaryl/α,β-unsaturated/α-hetero) is 2. The molecule has 1 fully saturated rings. The standard InChI is InChI=1S/C29H25N3O9S/c1-41-29(38)23(31-17-22(27(31)36)30-26(35)24(33)18-10-5-3-6-11-18)20-14-9-15-21(16-20)32(42(2,39)40)28(37)25(34)19-12-7-4-8-13-19/h3-16,22-23H,17H2,1-2H3,(H,30,35). The third-order valence-corrected chi connectivity index (χ3v) is 7.45. The summed E-state index contributed by atoms with van der Waals surface area (Å²) in [5.74, 6) is -5.83. The summed E-state index contributed by atoms with van der Waals surface area (Å²) in [6.07, 6.45) is 0.747. The van der Waals surface area contributed by atoms with Gasteiger partial charge in [0.15, 0.2) is 6.04 Å². The summed E-state index contributed by atoms with van der Waals surface area (Å²) in [5.41, 5.74) is -0.0562. The van der Waals surface area contributed by atoms with Gasteiger partial charge in [0, 0.05) is 11.1 Å². The van der Waals surface area contributed by atoms with Crippen molar-refractivity contribution in [3.63, 3.8) is 0 Å². The highest BCUT2D eigenvalue weighted by Crippen LogP contribution is 2.31. The molecule has 1 heterocycles. The van der Waals surface area contributed by atoms with Gasteiger partial charge in [0.25, 0.3) is 11.7 Å². The second-order valence-electron chi connectivity index (χ2n) is 9.26. The predicted molar refractivity (Wildman–Crippen MR) is 149 cm³/mol. The van der Waals surface area contributed by atoms with Crippen LogP contribution in [0.3, 0.4) is 0 Å². The molecule has 216 valence electrons. The molecule has 12 nitrogen and oxygen atoms in total. The first-order valence-electron chi connectivity index (χ1n) is 12.5. The molecule has 3 aromatic carbocycles. The molecule has 1 N–H and O–H groups in total. The minimum Gasteiger partial charge on any atom is -0.467 e. The lowest BCUT2D eigenvalue weighted by Gasteiger charge is -2.42. The maximum absolute atomic E-state index is 13.1. The molecule has 0 spiro atoms. The van der Waals surface area contributed by atoms with Crippen LogP contribution < -0.4 is 9.62 Å². The first-order chi connectivity index (χ1) is 19.9. The van der Waals surface area contributed by atoms with E-state index in [9.17, 15) is 37.2 Å². The number of carbonyl (C=O) groups excluding carboxylic acids is 6. The molecule has 1 saturated heterocycles. The molecule has 0 saturated carbocycles. The second kappa shape index (κ2) is 12.1. The van der Waals surface area contributed by atoms with Gasteiger partial charge in [-0.2, -0.15) is 0 Å². The first kappa shape index (κ1) is 29.8. The van der Waals surface area contributed by atoms with Crippen molar-refractivity contribution >= 4 is 51.0 Å². The number of amides is 3. The largest absolute Gasteiger partial charge is 0.467 e. The fraction of sp³-hybridized carbons (Fsp3) is 0.172. The Labute approximate surface area is 240 Å². The van der Waals surface area contributed by atoms with E-state index >= 15 is 0 Å². The highest BCUT2D eigenvalue weighted by Gasteiger charge is 2.46. The zero-order valence-corrected chi connectivity index (χ0v) is 23.2. The lowest BCUT2D eigenvalue weighted by Crippen LogP contribution is -2.66. The summed E-state index contributed by atoms with van der Waals surface area (Å²) in [4.78, 5) is 77.6. The van der Waals surface area contributed by atoms with Crippen molar-refractivity contribution in [2.45, 2.75) is 12.1 Å². The topological polar surface area (TPSA) is 164 Å². The van der Waals surface area contributed by atoms with E-state index in [1.165, 1.54) is 60.7 Å². The van der Waals surface area contributed by atoms with Crippen LogP contribution in [0, 0.1) is 0 Å². The van der Waals surface area contributed by atoms with Gasteiger partial charge in [0.1, 0.15) is 6.04 Å². The molecule has 0 bridgehead atoms. The normalized spacial score (nSPS) is 15.1. The highest BCUT2D eigenvalue weighted by molar-refractivity contribution is 7.93. The third kappa shape index (κ3) is 6.10. The molecule has 3 amide bonds. The summed E-state index contributed by atoms with van der Waals surface area (Å²) in [7, 11) is -3.24. The summed E-state index contributed by atoms with van der Waals surface area (Å²) in [5, 5.41) is 2.35. The van der Waals surface area contributed by atoms with Crippen molar-refractivity contribution in [1.29, 1.82) is 0 Å². The van der Waals surface area contributed by atoms with Crippen LogP contribution >= 0.6 is 0 Å². The maximum Gasteiger partial charge on any atom is 0.333 e. The average Bonchev–Trinajstić information content (AvgIpc) is 2.99. The van der Waals surface area contributed by atoms with Gasteiger partial charge in [-0.25, -0.2) is 17.5 Å². The molecule has 2 unspecified atom stereocenters. The van der Waals surface area contributed by atoms with Crippen LogP contribution in [0.4, 0.5) is 5.69 Å². The van der Waals surface area contributed by atoms with Gasteiger partial charge < -0.3 is 15.0 Å². The van der Waals surface area contributed by atoms with E-state index in [4.69, 9.17) is 4.74 Å². The van der Waals surface area contributed by atoms with Crippen LogP contribution in [-0.4, -0.2) is 74.5 Å². The molecule has 1 aliphatic rings. The maximum atomic E-state index is 13.1. The van der Waals surface area contributed by atoms with Crippen molar-refractivity contribution in [3.8, 4) is 0 Å². The Morgan fingerprint density at radius 1 is 0.881 bits per heavy atom. The van der Waals surface area contributed by atoms with Crippen molar-refractivity contribution in [3.05, 3.63) is 102 Å². The number of nitrogens with one attached hydrogen (secondary N) is 1. The predicted octanol–water partition coefficient (Wildman–Crippen LogP) is 1.29. The van der Waals surface area contributed by atoms with Gasteiger partial charge in [0.05, 0.1) is 25.6 Å². The highest BCUT2D eigenvalue weighted by atomic mass is 32.2. The van der Waals surface area contributed by atoms with Gasteiger partial charge in [-0.3, -0.25) is 24.0 Å². The number of sulfonamides is 1. The van der Waals surface area contributed by atoms with E-state index in [0.717, 1.165) is 18.3 Å². The Bertz CT molecular complexity index is 1670. The van der Waals surface area contributed by atoms with Gasteiger partial charge in [-0.05, 0) is 17.7 Å². The van der Waals surface area contributed by atoms with E-state index in [-0.39, 0.29) is 28.9 Å². The number of rotatable bonds is 10. The lowest BCUT2D eigenvalue weighted by molar-refractivity contribution is -0.161. The fourth-order valence-corrected chi connectivity index (χ4v) is 5.26. The Kier molecular flexibility index (Phi) is 8.62.